The maximum absolute atomic E-state index is 11.3. The summed E-state index contributed by atoms with van der Waals surface area (Å²) < 4.78 is 5.37. The predicted molar refractivity (Wildman–Crippen MR) is 65.3 cm³/mol. The van der Waals surface area contributed by atoms with E-state index >= 15 is 0 Å². The Morgan fingerprint density at radius 1 is 1.56 bits per heavy atom. The molecule has 2 unspecified atom stereocenters. The standard InChI is InChI=1S/C11H12BrClO3/c1-6(11(15)16-2)10(14)8-5-7(12)3-4-9(8)13/h3-6,10,14H,1-2H3. The smallest absolute Gasteiger partial charge is 0.311 e. The van der Waals surface area contributed by atoms with Gasteiger partial charge in [0.1, 0.15) is 0 Å². The lowest BCUT2D eigenvalue weighted by Crippen LogP contribution is -2.20. The average molecular weight is 308 g/mol. The molecular formula is C11H12BrClO3. The Morgan fingerprint density at radius 2 is 2.19 bits per heavy atom. The molecule has 5 heteroatoms. The van der Waals surface area contributed by atoms with Crippen molar-refractivity contribution < 1.29 is 14.6 Å². The number of hydrogen-bond acceptors (Lipinski definition) is 3. The largest absolute Gasteiger partial charge is 0.469 e. The molecule has 1 aromatic carbocycles. The van der Waals surface area contributed by atoms with Gasteiger partial charge in [-0.2, -0.15) is 0 Å². The first-order valence-electron chi connectivity index (χ1n) is 4.68. The minimum Gasteiger partial charge on any atom is -0.469 e. The number of aliphatic hydroxyl groups is 1. The SMILES string of the molecule is COC(=O)C(C)C(O)c1cc(Br)ccc1Cl. The van der Waals surface area contributed by atoms with E-state index in [0.717, 1.165) is 4.47 Å². The van der Waals surface area contributed by atoms with Crippen LogP contribution in [0.3, 0.4) is 0 Å². The van der Waals surface area contributed by atoms with Crippen molar-refractivity contribution in [3.8, 4) is 0 Å². The van der Waals surface area contributed by atoms with E-state index < -0.39 is 18.0 Å². The zero-order valence-electron chi connectivity index (χ0n) is 8.91. The highest BCUT2D eigenvalue weighted by atomic mass is 79.9. The molecule has 0 saturated carbocycles. The maximum atomic E-state index is 11.3. The van der Waals surface area contributed by atoms with Gasteiger partial charge in [-0.25, -0.2) is 0 Å². The molecule has 1 rings (SSSR count). The number of rotatable bonds is 3. The lowest BCUT2D eigenvalue weighted by atomic mass is 9.97. The van der Waals surface area contributed by atoms with Gasteiger partial charge in [0, 0.05) is 15.1 Å². The fourth-order valence-electron chi connectivity index (χ4n) is 1.33. The number of aliphatic hydroxyl groups excluding tert-OH is 1. The summed E-state index contributed by atoms with van der Waals surface area (Å²) in [7, 11) is 1.29. The Bertz CT molecular complexity index is 395. The number of methoxy groups -OCH3 is 1. The Balaban J connectivity index is 2.99. The van der Waals surface area contributed by atoms with Crippen LogP contribution in [0.15, 0.2) is 22.7 Å². The van der Waals surface area contributed by atoms with Crippen LogP contribution in [0.2, 0.25) is 5.02 Å². The monoisotopic (exact) mass is 306 g/mol. The van der Waals surface area contributed by atoms with Gasteiger partial charge in [-0.05, 0) is 25.1 Å². The van der Waals surface area contributed by atoms with Crippen molar-refractivity contribution >= 4 is 33.5 Å². The number of ether oxygens (including phenoxy) is 1. The summed E-state index contributed by atoms with van der Waals surface area (Å²) >= 11 is 9.23. The fourth-order valence-corrected chi connectivity index (χ4v) is 1.93. The first kappa shape index (κ1) is 13.5. The van der Waals surface area contributed by atoms with Gasteiger partial charge in [0.05, 0.1) is 19.1 Å². The summed E-state index contributed by atoms with van der Waals surface area (Å²) in [6.07, 6.45) is -0.975. The van der Waals surface area contributed by atoms with Crippen molar-refractivity contribution in [2.75, 3.05) is 7.11 Å². The molecule has 0 spiro atoms. The molecule has 88 valence electrons. The zero-order valence-corrected chi connectivity index (χ0v) is 11.2. The van der Waals surface area contributed by atoms with E-state index in [1.807, 2.05) is 0 Å². The number of halogens is 2. The van der Waals surface area contributed by atoms with Gasteiger partial charge < -0.3 is 9.84 Å². The van der Waals surface area contributed by atoms with Crippen LogP contribution in [0.25, 0.3) is 0 Å². The molecule has 0 aliphatic carbocycles. The minimum absolute atomic E-state index is 0.423. The summed E-state index contributed by atoms with van der Waals surface area (Å²) in [5.74, 6) is -1.12. The normalized spacial score (nSPS) is 14.3. The lowest BCUT2D eigenvalue weighted by Gasteiger charge is -2.18. The second kappa shape index (κ2) is 5.66. The third-order valence-corrected chi connectivity index (χ3v) is 3.16. The minimum atomic E-state index is -0.975. The Hall–Kier alpha value is -0.580. The van der Waals surface area contributed by atoms with Crippen LogP contribution in [0.1, 0.15) is 18.6 Å². The van der Waals surface area contributed by atoms with Gasteiger partial charge in [-0.1, -0.05) is 27.5 Å². The Labute approximate surface area is 107 Å². The molecule has 0 radical (unpaired) electrons. The maximum Gasteiger partial charge on any atom is 0.311 e. The van der Waals surface area contributed by atoms with Crippen LogP contribution in [-0.2, 0) is 9.53 Å². The fraction of sp³-hybridized carbons (Fsp3) is 0.364. The van der Waals surface area contributed by atoms with Crippen molar-refractivity contribution in [2.24, 2.45) is 5.92 Å². The van der Waals surface area contributed by atoms with Crippen molar-refractivity contribution in [3.63, 3.8) is 0 Å². The van der Waals surface area contributed by atoms with Crippen LogP contribution >= 0.6 is 27.5 Å². The number of carbonyl (C=O) groups is 1. The van der Waals surface area contributed by atoms with Crippen LogP contribution in [0.5, 0.6) is 0 Å². The van der Waals surface area contributed by atoms with E-state index in [1.54, 1.807) is 25.1 Å². The molecule has 0 saturated heterocycles. The molecule has 0 aliphatic heterocycles. The van der Waals surface area contributed by atoms with Crippen LogP contribution in [0, 0.1) is 5.92 Å². The molecule has 0 bridgehead atoms. The third-order valence-electron chi connectivity index (χ3n) is 2.32. The van der Waals surface area contributed by atoms with Crippen LogP contribution in [-0.4, -0.2) is 18.2 Å². The molecule has 0 fully saturated rings. The van der Waals surface area contributed by atoms with Crippen LogP contribution in [0.4, 0.5) is 0 Å². The van der Waals surface area contributed by atoms with Crippen molar-refractivity contribution in [1.29, 1.82) is 0 Å². The predicted octanol–water partition coefficient (Wildman–Crippen LogP) is 2.95. The second-order valence-corrected chi connectivity index (χ2v) is 4.75. The summed E-state index contributed by atoms with van der Waals surface area (Å²) in [5.41, 5.74) is 0.508. The van der Waals surface area contributed by atoms with Crippen molar-refractivity contribution in [1.82, 2.24) is 0 Å². The lowest BCUT2D eigenvalue weighted by molar-refractivity contribution is -0.148. The third kappa shape index (κ3) is 2.97. The molecule has 1 N–H and O–H groups in total. The van der Waals surface area contributed by atoms with Gasteiger partial charge in [-0.15, -0.1) is 0 Å². The highest BCUT2D eigenvalue weighted by Crippen LogP contribution is 2.31. The Kier molecular flexibility index (Phi) is 4.77. The molecule has 16 heavy (non-hydrogen) atoms. The van der Waals surface area contributed by atoms with Gasteiger partial charge in [-0.3, -0.25) is 4.79 Å². The van der Waals surface area contributed by atoms with E-state index in [-0.39, 0.29) is 0 Å². The quantitative estimate of drug-likeness (QED) is 0.873. The molecule has 0 aromatic heterocycles. The topological polar surface area (TPSA) is 46.5 Å². The van der Waals surface area contributed by atoms with Gasteiger partial charge in [0.25, 0.3) is 0 Å². The average Bonchev–Trinajstić information content (AvgIpc) is 2.29. The summed E-state index contributed by atoms with van der Waals surface area (Å²) in [6, 6.07) is 5.11. The van der Waals surface area contributed by atoms with Crippen molar-refractivity contribution in [3.05, 3.63) is 33.3 Å². The Morgan fingerprint density at radius 3 is 2.75 bits per heavy atom. The highest BCUT2D eigenvalue weighted by molar-refractivity contribution is 9.10. The summed E-state index contributed by atoms with van der Waals surface area (Å²) in [5, 5.41) is 10.4. The van der Waals surface area contributed by atoms with E-state index in [1.165, 1.54) is 7.11 Å². The molecule has 0 heterocycles. The molecule has 1 aromatic rings. The number of benzene rings is 1. The van der Waals surface area contributed by atoms with Crippen LogP contribution < -0.4 is 0 Å². The van der Waals surface area contributed by atoms with Crippen molar-refractivity contribution in [2.45, 2.75) is 13.0 Å². The van der Waals surface area contributed by atoms with Gasteiger partial charge >= 0.3 is 5.97 Å². The molecular weight excluding hydrogens is 295 g/mol. The van der Waals surface area contributed by atoms with E-state index in [4.69, 9.17) is 11.6 Å². The summed E-state index contributed by atoms with van der Waals surface area (Å²) in [4.78, 5) is 11.3. The first-order valence-corrected chi connectivity index (χ1v) is 5.85. The van der Waals surface area contributed by atoms with Gasteiger partial charge in [0.15, 0.2) is 0 Å². The highest BCUT2D eigenvalue weighted by Gasteiger charge is 2.25. The van der Waals surface area contributed by atoms with Gasteiger partial charge in [0.2, 0.25) is 0 Å². The second-order valence-electron chi connectivity index (χ2n) is 3.42. The molecule has 0 aliphatic rings. The number of esters is 1. The van der Waals surface area contributed by atoms with E-state index in [9.17, 15) is 9.90 Å². The first-order chi connectivity index (χ1) is 7.47. The molecule has 0 amide bonds. The summed E-state index contributed by atoms with van der Waals surface area (Å²) in [6.45, 7) is 1.59. The molecule has 2 atom stereocenters. The van der Waals surface area contributed by atoms with E-state index in [2.05, 4.69) is 20.7 Å². The number of hydrogen-bond donors (Lipinski definition) is 1. The molecule has 3 nitrogen and oxygen atoms in total. The zero-order chi connectivity index (χ0) is 12.3. The number of carbonyl (C=O) groups excluding carboxylic acids is 1. The van der Waals surface area contributed by atoms with E-state index in [0.29, 0.717) is 10.6 Å².